The Kier molecular flexibility index (Phi) is 1.42. The van der Waals surface area contributed by atoms with E-state index in [1.165, 1.54) is 6.33 Å². The van der Waals surface area contributed by atoms with E-state index in [0.29, 0.717) is 0 Å². The second-order valence-electron chi connectivity index (χ2n) is 1.32. The van der Waals surface area contributed by atoms with Gasteiger partial charge < -0.3 is 0 Å². The molecule has 0 fully saturated rings. The maximum Gasteiger partial charge on any atom is 0.115 e. The molecule has 3 heteroatoms. The zero-order valence-corrected chi connectivity index (χ0v) is 4.57. The molecule has 0 aliphatic rings. The van der Waals surface area contributed by atoms with Crippen molar-refractivity contribution in [1.82, 2.24) is 15.3 Å². The molecule has 8 heavy (non-hydrogen) atoms. The van der Waals surface area contributed by atoms with Crippen LogP contribution in [0, 0.1) is 0 Å². The van der Waals surface area contributed by atoms with E-state index in [4.69, 9.17) is 0 Å². The molecule has 0 amide bonds. The van der Waals surface area contributed by atoms with E-state index in [1.54, 1.807) is 19.4 Å². The zero-order valence-electron chi connectivity index (χ0n) is 4.57. The summed E-state index contributed by atoms with van der Waals surface area (Å²) in [4.78, 5) is 7.50. The largest absolute Gasteiger partial charge is 0.285 e. The molecule has 1 aromatic heterocycles. The summed E-state index contributed by atoms with van der Waals surface area (Å²) in [7, 11) is 1.71. The van der Waals surface area contributed by atoms with Gasteiger partial charge in [0.25, 0.3) is 0 Å². The molecule has 1 aromatic rings. The van der Waals surface area contributed by atoms with E-state index in [1.807, 2.05) is 0 Å². The highest BCUT2D eigenvalue weighted by molar-refractivity contribution is 5.26. The topological polar surface area (TPSA) is 39.9 Å². The first-order valence-electron chi connectivity index (χ1n) is 2.28. The Labute approximate surface area is 47.8 Å². The van der Waals surface area contributed by atoms with Gasteiger partial charge in [-0.3, -0.25) is 5.32 Å². The van der Waals surface area contributed by atoms with Gasteiger partial charge in [-0.15, -0.1) is 0 Å². The predicted octanol–water partition coefficient (Wildman–Crippen LogP) is 0.342. The average Bonchev–Trinajstić information content (AvgIpc) is 1.90. The standard InChI is InChI=1S/C5H6N3/c1-6-5-2-7-4-8-3-5/h2-4H,1H3. The maximum absolute atomic E-state index is 3.85. The highest BCUT2D eigenvalue weighted by Gasteiger charge is 1.82. The van der Waals surface area contributed by atoms with Crippen molar-refractivity contribution in [2.75, 3.05) is 7.05 Å². The monoisotopic (exact) mass is 108 g/mol. The van der Waals surface area contributed by atoms with Gasteiger partial charge in [0.05, 0.1) is 18.1 Å². The molecule has 0 aliphatic heterocycles. The number of nitrogens with zero attached hydrogens (tertiary/aromatic N) is 3. The summed E-state index contributed by atoms with van der Waals surface area (Å²) >= 11 is 0. The molecular weight excluding hydrogens is 102 g/mol. The number of aromatic nitrogens is 2. The number of rotatable bonds is 1. The Morgan fingerprint density at radius 1 is 1.38 bits per heavy atom. The molecule has 1 heterocycles. The molecule has 0 saturated carbocycles. The van der Waals surface area contributed by atoms with Crippen LogP contribution in [-0.4, -0.2) is 17.0 Å². The fraction of sp³-hybridized carbons (Fsp3) is 0.200. The van der Waals surface area contributed by atoms with Crippen LogP contribution in [0.15, 0.2) is 18.7 Å². The summed E-state index contributed by atoms with van der Waals surface area (Å²) in [5, 5.41) is 3.85. The molecule has 0 bridgehead atoms. The fourth-order valence-electron chi connectivity index (χ4n) is 0.407. The van der Waals surface area contributed by atoms with Crippen molar-refractivity contribution in [2.45, 2.75) is 0 Å². The molecule has 0 saturated heterocycles. The molecule has 0 aliphatic carbocycles. The van der Waals surface area contributed by atoms with Crippen LogP contribution in [0.25, 0.3) is 0 Å². The zero-order chi connectivity index (χ0) is 5.82. The van der Waals surface area contributed by atoms with Gasteiger partial charge in [0, 0.05) is 7.05 Å². The molecule has 3 nitrogen and oxygen atoms in total. The fourth-order valence-corrected chi connectivity index (χ4v) is 0.407. The quantitative estimate of drug-likeness (QED) is 0.520. The van der Waals surface area contributed by atoms with Crippen LogP contribution in [0.4, 0.5) is 5.69 Å². The second-order valence-corrected chi connectivity index (χ2v) is 1.32. The maximum atomic E-state index is 3.85. The van der Waals surface area contributed by atoms with Crippen molar-refractivity contribution in [2.24, 2.45) is 0 Å². The lowest BCUT2D eigenvalue weighted by Crippen LogP contribution is -1.86. The van der Waals surface area contributed by atoms with Gasteiger partial charge >= 0.3 is 0 Å². The van der Waals surface area contributed by atoms with Crippen molar-refractivity contribution >= 4 is 5.69 Å². The smallest absolute Gasteiger partial charge is 0.115 e. The Balaban J connectivity index is 2.83. The summed E-state index contributed by atoms with van der Waals surface area (Å²) in [6.07, 6.45) is 4.80. The molecule has 0 spiro atoms. The number of hydrogen-bond donors (Lipinski definition) is 0. The molecular formula is C5H6N3. The van der Waals surface area contributed by atoms with Crippen LogP contribution in [0.1, 0.15) is 0 Å². The second kappa shape index (κ2) is 2.26. The van der Waals surface area contributed by atoms with Crippen molar-refractivity contribution in [1.29, 1.82) is 0 Å². The highest BCUT2D eigenvalue weighted by Crippen LogP contribution is 1.95. The van der Waals surface area contributed by atoms with Crippen LogP contribution in [-0.2, 0) is 0 Å². The van der Waals surface area contributed by atoms with E-state index in [0.717, 1.165) is 5.69 Å². The highest BCUT2D eigenvalue weighted by atomic mass is 14.9. The van der Waals surface area contributed by atoms with Crippen molar-refractivity contribution < 1.29 is 0 Å². The van der Waals surface area contributed by atoms with Gasteiger partial charge in [-0.1, -0.05) is 0 Å². The molecule has 0 atom stereocenters. The summed E-state index contributed by atoms with van der Waals surface area (Å²) < 4.78 is 0. The average molecular weight is 108 g/mol. The third-order valence-corrected chi connectivity index (χ3v) is 0.805. The minimum Gasteiger partial charge on any atom is -0.285 e. The molecule has 1 radical (unpaired) electrons. The Hall–Kier alpha value is -1.12. The van der Waals surface area contributed by atoms with Gasteiger partial charge in [-0.05, 0) is 0 Å². The molecule has 0 N–H and O–H groups in total. The van der Waals surface area contributed by atoms with Crippen molar-refractivity contribution in [3.63, 3.8) is 0 Å². The third kappa shape index (κ3) is 0.932. The minimum atomic E-state index is 0.812. The summed E-state index contributed by atoms with van der Waals surface area (Å²) in [5.41, 5.74) is 0.812. The van der Waals surface area contributed by atoms with Gasteiger partial charge in [0.15, 0.2) is 0 Å². The molecule has 0 aromatic carbocycles. The molecule has 41 valence electrons. The van der Waals surface area contributed by atoms with Crippen LogP contribution >= 0.6 is 0 Å². The Bertz CT molecular complexity index is 149. The first-order chi connectivity index (χ1) is 3.93. The van der Waals surface area contributed by atoms with E-state index in [2.05, 4.69) is 15.3 Å². The van der Waals surface area contributed by atoms with Gasteiger partial charge in [-0.25, -0.2) is 9.97 Å². The SMILES string of the molecule is C[N]c1cncnc1. The summed E-state index contributed by atoms with van der Waals surface area (Å²) in [5.74, 6) is 0. The van der Waals surface area contributed by atoms with Crippen LogP contribution in [0.5, 0.6) is 0 Å². The first kappa shape index (κ1) is 5.03. The van der Waals surface area contributed by atoms with E-state index >= 15 is 0 Å². The van der Waals surface area contributed by atoms with Crippen molar-refractivity contribution in [3.8, 4) is 0 Å². The van der Waals surface area contributed by atoms with Crippen LogP contribution in [0.3, 0.4) is 0 Å². The molecule has 1 rings (SSSR count). The molecule has 0 unspecified atom stereocenters. The normalized spacial score (nSPS) is 8.62. The first-order valence-corrected chi connectivity index (χ1v) is 2.28. The number of hydrogen-bond acceptors (Lipinski definition) is 2. The van der Waals surface area contributed by atoms with E-state index in [9.17, 15) is 0 Å². The van der Waals surface area contributed by atoms with Crippen LogP contribution < -0.4 is 5.32 Å². The minimum absolute atomic E-state index is 0.812. The van der Waals surface area contributed by atoms with Gasteiger partial charge in [0.2, 0.25) is 0 Å². The third-order valence-electron chi connectivity index (χ3n) is 0.805. The van der Waals surface area contributed by atoms with Crippen molar-refractivity contribution in [3.05, 3.63) is 18.7 Å². The van der Waals surface area contributed by atoms with E-state index in [-0.39, 0.29) is 0 Å². The van der Waals surface area contributed by atoms with Gasteiger partial charge in [-0.2, -0.15) is 0 Å². The summed E-state index contributed by atoms with van der Waals surface area (Å²) in [6, 6.07) is 0. The Morgan fingerprint density at radius 3 is 2.38 bits per heavy atom. The Morgan fingerprint density at radius 2 is 2.00 bits per heavy atom. The van der Waals surface area contributed by atoms with Gasteiger partial charge in [0.1, 0.15) is 6.33 Å². The lowest BCUT2D eigenvalue weighted by atomic mass is 10.5. The summed E-state index contributed by atoms with van der Waals surface area (Å²) in [6.45, 7) is 0. The van der Waals surface area contributed by atoms with Crippen LogP contribution in [0.2, 0.25) is 0 Å². The lowest BCUT2D eigenvalue weighted by Gasteiger charge is -1.89. The van der Waals surface area contributed by atoms with E-state index < -0.39 is 0 Å². The predicted molar refractivity (Wildman–Crippen MR) is 29.7 cm³/mol. The lowest BCUT2D eigenvalue weighted by molar-refractivity contribution is 1.03.